The average Bonchev–Trinajstić information content (AvgIpc) is 2.06. The van der Waals surface area contributed by atoms with Crippen LogP contribution in [0.2, 0.25) is 0 Å². The van der Waals surface area contributed by atoms with Crippen LogP contribution >= 0.6 is 0 Å². The highest BCUT2D eigenvalue weighted by atomic mass is 14.8. The summed E-state index contributed by atoms with van der Waals surface area (Å²) in [6.07, 6.45) is 6.14. The first-order valence-corrected chi connectivity index (χ1v) is 4.13. The molecule has 3 heteroatoms. The molecule has 0 atom stereocenters. The summed E-state index contributed by atoms with van der Waals surface area (Å²) >= 11 is 0. The van der Waals surface area contributed by atoms with Crippen molar-refractivity contribution in [3.05, 3.63) is 24.3 Å². The van der Waals surface area contributed by atoms with E-state index in [4.69, 9.17) is 5.73 Å². The molecular weight excluding hydrogens is 150 g/mol. The van der Waals surface area contributed by atoms with Gasteiger partial charge in [-0.2, -0.15) is 0 Å². The Morgan fingerprint density at radius 1 is 1.42 bits per heavy atom. The van der Waals surface area contributed by atoms with Gasteiger partial charge in [-0.15, -0.1) is 0 Å². The molecule has 0 saturated heterocycles. The third-order valence-electron chi connectivity index (χ3n) is 2.03. The van der Waals surface area contributed by atoms with Crippen LogP contribution in [0.1, 0.15) is 26.0 Å². The van der Waals surface area contributed by atoms with Crippen molar-refractivity contribution in [2.75, 3.05) is 6.54 Å². The first-order chi connectivity index (χ1) is 5.67. The average molecular weight is 165 g/mol. The Hall–Kier alpha value is -0.960. The predicted octanol–water partition coefficient (Wildman–Crippen LogP) is 1.10. The lowest BCUT2D eigenvalue weighted by atomic mass is 9.86. The quantitative estimate of drug-likeness (QED) is 0.729. The summed E-state index contributed by atoms with van der Waals surface area (Å²) in [5, 5.41) is 0. The highest BCUT2D eigenvalue weighted by Gasteiger charge is 2.20. The zero-order chi connectivity index (χ0) is 9.03. The Balaban J connectivity index is 2.82. The minimum atomic E-state index is 0.0447. The van der Waals surface area contributed by atoms with Crippen LogP contribution in [0.15, 0.2) is 18.6 Å². The molecule has 0 unspecified atom stereocenters. The van der Waals surface area contributed by atoms with E-state index in [-0.39, 0.29) is 5.41 Å². The van der Waals surface area contributed by atoms with Gasteiger partial charge in [0.1, 0.15) is 0 Å². The molecule has 0 aliphatic carbocycles. The van der Waals surface area contributed by atoms with Crippen LogP contribution in [0.25, 0.3) is 0 Å². The summed E-state index contributed by atoms with van der Waals surface area (Å²) in [5.74, 6) is 0. The molecule has 0 radical (unpaired) electrons. The number of hydrogen-bond donors (Lipinski definition) is 1. The standard InChI is InChI=1S/C9H15N3/c1-9(2,3-4-10)8-7-11-5-6-12-8/h5-7H,3-4,10H2,1-2H3. The van der Waals surface area contributed by atoms with Crippen LogP contribution in [0, 0.1) is 0 Å². The van der Waals surface area contributed by atoms with E-state index in [1.54, 1.807) is 18.6 Å². The van der Waals surface area contributed by atoms with Gasteiger partial charge in [0.05, 0.1) is 5.69 Å². The smallest absolute Gasteiger partial charge is 0.0643 e. The lowest BCUT2D eigenvalue weighted by molar-refractivity contribution is 0.471. The summed E-state index contributed by atoms with van der Waals surface area (Å²) in [6, 6.07) is 0. The fourth-order valence-electron chi connectivity index (χ4n) is 1.14. The van der Waals surface area contributed by atoms with Gasteiger partial charge >= 0.3 is 0 Å². The first-order valence-electron chi connectivity index (χ1n) is 4.13. The van der Waals surface area contributed by atoms with E-state index in [2.05, 4.69) is 23.8 Å². The minimum Gasteiger partial charge on any atom is -0.330 e. The lowest BCUT2D eigenvalue weighted by Crippen LogP contribution is -2.23. The molecule has 1 rings (SSSR count). The summed E-state index contributed by atoms with van der Waals surface area (Å²) in [6.45, 7) is 4.94. The van der Waals surface area contributed by atoms with Gasteiger partial charge in [-0.1, -0.05) is 13.8 Å². The van der Waals surface area contributed by atoms with E-state index in [0.29, 0.717) is 6.54 Å². The van der Waals surface area contributed by atoms with Crippen LogP contribution < -0.4 is 5.73 Å². The van der Waals surface area contributed by atoms with Gasteiger partial charge in [0.25, 0.3) is 0 Å². The fourth-order valence-corrected chi connectivity index (χ4v) is 1.14. The van der Waals surface area contributed by atoms with E-state index in [0.717, 1.165) is 12.1 Å². The number of nitrogens with two attached hydrogens (primary N) is 1. The Kier molecular flexibility index (Phi) is 2.76. The highest BCUT2D eigenvalue weighted by Crippen LogP contribution is 2.22. The predicted molar refractivity (Wildman–Crippen MR) is 48.7 cm³/mol. The van der Waals surface area contributed by atoms with Gasteiger partial charge < -0.3 is 5.73 Å². The van der Waals surface area contributed by atoms with Crippen molar-refractivity contribution in [3.63, 3.8) is 0 Å². The number of hydrogen-bond acceptors (Lipinski definition) is 3. The van der Waals surface area contributed by atoms with Gasteiger partial charge in [0.2, 0.25) is 0 Å². The maximum Gasteiger partial charge on any atom is 0.0643 e. The van der Waals surface area contributed by atoms with Crippen LogP contribution in [0.3, 0.4) is 0 Å². The Bertz CT molecular complexity index is 231. The van der Waals surface area contributed by atoms with Gasteiger partial charge in [0, 0.05) is 24.0 Å². The molecule has 3 nitrogen and oxygen atoms in total. The molecule has 1 aromatic rings. The van der Waals surface area contributed by atoms with Crippen molar-refractivity contribution >= 4 is 0 Å². The van der Waals surface area contributed by atoms with Crippen LogP contribution in [-0.4, -0.2) is 16.5 Å². The molecule has 0 aliphatic heterocycles. The second-order valence-corrected chi connectivity index (χ2v) is 3.51. The largest absolute Gasteiger partial charge is 0.330 e. The van der Waals surface area contributed by atoms with Crippen LogP contribution in [0.4, 0.5) is 0 Å². The van der Waals surface area contributed by atoms with E-state index >= 15 is 0 Å². The SMILES string of the molecule is CC(C)(CCN)c1cnccn1. The summed E-state index contributed by atoms with van der Waals surface area (Å²) in [5.41, 5.74) is 6.56. The normalized spacial score (nSPS) is 11.6. The first kappa shape index (κ1) is 9.13. The Morgan fingerprint density at radius 3 is 2.67 bits per heavy atom. The van der Waals surface area contributed by atoms with Crippen molar-refractivity contribution in [3.8, 4) is 0 Å². The fraction of sp³-hybridized carbons (Fsp3) is 0.556. The molecule has 1 aromatic heterocycles. The van der Waals surface area contributed by atoms with Crippen molar-refractivity contribution in [1.82, 2.24) is 9.97 Å². The molecule has 0 bridgehead atoms. The van der Waals surface area contributed by atoms with Crippen molar-refractivity contribution in [2.45, 2.75) is 25.7 Å². The second-order valence-electron chi connectivity index (χ2n) is 3.51. The molecular formula is C9H15N3. The van der Waals surface area contributed by atoms with Crippen molar-refractivity contribution in [1.29, 1.82) is 0 Å². The number of rotatable bonds is 3. The molecule has 2 N–H and O–H groups in total. The third-order valence-corrected chi connectivity index (χ3v) is 2.03. The topological polar surface area (TPSA) is 51.8 Å². The van der Waals surface area contributed by atoms with Crippen molar-refractivity contribution < 1.29 is 0 Å². The minimum absolute atomic E-state index is 0.0447. The molecule has 0 saturated carbocycles. The van der Waals surface area contributed by atoms with Gasteiger partial charge in [0.15, 0.2) is 0 Å². The summed E-state index contributed by atoms with van der Waals surface area (Å²) in [7, 11) is 0. The Labute approximate surface area is 73.0 Å². The van der Waals surface area contributed by atoms with E-state index < -0.39 is 0 Å². The molecule has 0 amide bonds. The number of aromatic nitrogens is 2. The molecule has 0 spiro atoms. The van der Waals surface area contributed by atoms with E-state index in [9.17, 15) is 0 Å². The molecule has 0 aromatic carbocycles. The monoisotopic (exact) mass is 165 g/mol. The molecule has 1 heterocycles. The van der Waals surface area contributed by atoms with Gasteiger partial charge in [-0.3, -0.25) is 9.97 Å². The highest BCUT2D eigenvalue weighted by molar-refractivity contribution is 5.09. The lowest BCUT2D eigenvalue weighted by Gasteiger charge is -2.22. The zero-order valence-electron chi connectivity index (χ0n) is 7.62. The molecule has 0 fully saturated rings. The third kappa shape index (κ3) is 2.01. The maximum absolute atomic E-state index is 5.50. The van der Waals surface area contributed by atoms with E-state index in [1.807, 2.05) is 0 Å². The molecule has 0 aliphatic rings. The summed E-state index contributed by atoms with van der Waals surface area (Å²) in [4.78, 5) is 8.28. The number of nitrogens with zero attached hydrogens (tertiary/aromatic N) is 2. The molecule has 66 valence electrons. The maximum atomic E-state index is 5.50. The zero-order valence-corrected chi connectivity index (χ0v) is 7.62. The van der Waals surface area contributed by atoms with Gasteiger partial charge in [-0.05, 0) is 13.0 Å². The van der Waals surface area contributed by atoms with Crippen LogP contribution in [0.5, 0.6) is 0 Å². The summed E-state index contributed by atoms with van der Waals surface area (Å²) < 4.78 is 0. The molecule has 12 heavy (non-hydrogen) atoms. The Morgan fingerprint density at radius 2 is 2.17 bits per heavy atom. The van der Waals surface area contributed by atoms with Crippen LogP contribution in [-0.2, 0) is 5.41 Å². The van der Waals surface area contributed by atoms with Gasteiger partial charge in [-0.25, -0.2) is 0 Å². The van der Waals surface area contributed by atoms with Crippen molar-refractivity contribution in [2.24, 2.45) is 5.73 Å². The van der Waals surface area contributed by atoms with E-state index in [1.165, 1.54) is 0 Å². The second kappa shape index (κ2) is 3.63.